The zero-order chi connectivity index (χ0) is 37.8. The van der Waals surface area contributed by atoms with E-state index in [9.17, 15) is 79.4 Å². The summed E-state index contributed by atoms with van der Waals surface area (Å²) in [5, 5.41) is 0. The molecule has 0 spiro atoms. The molecule has 0 aliphatic rings. The van der Waals surface area contributed by atoms with Crippen LogP contribution in [0.3, 0.4) is 0 Å². The maximum absolute atomic E-state index is 14.0. The Labute approximate surface area is 262 Å². The van der Waals surface area contributed by atoms with Gasteiger partial charge in [-0.25, -0.2) is 0 Å². The van der Waals surface area contributed by atoms with Crippen molar-refractivity contribution in [3.63, 3.8) is 0 Å². The molecule has 0 saturated heterocycles. The Balaban J connectivity index is 2.89. The van der Waals surface area contributed by atoms with E-state index in [1.54, 1.807) is 13.8 Å². The molecule has 0 amide bonds. The summed E-state index contributed by atoms with van der Waals surface area (Å²) < 4.78 is 238. The van der Waals surface area contributed by atoms with E-state index in [4.69, 9.17) is 9.47 Å². The minimum atomic E-state index is -8.65. The number of halogens is 17. The molecule has 0 aromatic heterocycles. The Morgan fingerprint density at radius 1 is 0.667 bits per heavy atom. The highest BCUT2D eigenvalue weighted by molar-refractivity contribution is 5.53. The summed E-state index contributed by atoms with van der Waals surface area (Å²) in [4.78, 5) is 10.7. The molecule has 0 N–H and O–H groups in total. The van der Waals surface area contributed by atoms with Crippen molar-refractivity contribution in [2.75, 3.05) is 6.61 Å². The van der Waals surface area contributed by atoms with Gasteiger partial charge in [-0.1, -0.05) is 38.1 Å². The first-order valence-corrected chi connectivity index (χ1v) is 13.6. The molecular formula is C28H29F17O3. The van der Waals surface area contributed by atoms with Crippen LogP contribution < -0.4 is 4.74 Å². The molecule has 0 aliphatic heterocycles. The number of rotatable bonds is 19. The topological polar surface area (TPSA) is 35.5 Å². The van der Waals surface area contributed by atoms with Crippen molar-refractivity contribution in [1.29, 1.82) is 0 Å². The lowest BCUT2D eigenvalue weighted by Gasteiger charge is -2.42. The first-order chi connectivity index (χ1) is 21.5. The highest BCUT2D eigenvalue weighted by Gasteiger charge is 2.95. The molecule has 3 atom stereocenters. The number of benzene rings is 1. The van der Waals surface area contributed by atoms with E-state index in [0.717, 1.165) is 6.29 Å². The number of allylic oxidation sites excluding steroid dienone is 1. The molecule has 1 rings (SSSR count). The Bertz CT molecular complexity index is 1210. The van der Waals surface area contributed by atoms with Crippen LogP contribution in [0, 0.1) is 11.8 Å². The molecule has 20 heteroatoms. The standard InChI is InChI=1S/C28H29F17O3/c1-16(14-46)6-4-7-17(2)18(3)48-15-19-8-10-20(11-9-19)47-13-5-12-21(29,30)22(31,32)23(33,34)24(35,36)25(37,38)26(39,40)27(41,42)28(43,44)45/h4,7-11,14,16-18H,5-6,12-13,15H2,1-3H3/b7-4+/t16-,17+,18+/m0/s1. The minimum absolute atomic E-state index is 0.0558. The predicted molar refractivity (Wildman–Crippen MR) is 134 cm³/mol. The van der Waals surface area contributed by atoms with Crippen LogP contribution in [0.1, 0.15) is 45.6 Å². The number of alkyl halides is 17. The number of ether oxygens (including phenoxy) is 2. The lowest BCUT2D eigenvalue weighted by atomic mass is 9.88. The third-order valence-corrected chi connectivity index (χ3v) is 7.05. The van der Waals surface area contributed by atoms with Crippen LogP contribution in [0.5, 0.6) is 5.75 Å². The van der Waals surface area contributed by atoms with E-state index >= 15 is 0 Å². The molecule has 0 unspecified atom stereocenters. The normalized spacial score (nSPS) is 16.6. The van der Waals surface area contributed by atoms with Gasteiger partial charge in [-0.15, -0.1) is 0 Å². The van der Waals surface area contributed by atoms with Gasteiger partial charge in [0.1, 0.15) is 12.0 Å². The molecule has 0 radical (unpaired) electrons. The van der Waals surface area contributed by atoms with Crippen LogP contribution in [0.15, 0.2) is 36.4 Å². The number of hydrogen-bond donors (Lipinski definition) is 0. The number of carbonyl (C=O) groups is 1. The van der Waals surface area contributed by atoms with Crippen molar-refractivity contribution in [1.82, 2.24) is 0 Å². The Morgan fingerprint density at radius 3 is 1.58 bits per heavy atom. The van der Waals surface area contributed by atoms with Gasteiger partial charge in [0.25, 0.3) is 0 Å². The van der Waals surface area contributed by atoms with Crippen molar-refractivity contribution < 1.29 is 88.9 Å². The second-order valence-electron chi connectivity index (χ2n) is 10.9. The fraction of sp³-hybridized carbons (Fsp3) is 0.679. The summed E-state index contributed by atoms with van der Waals surface area (Å²) in [6.45, 7) is 4.38. The Morgan fingerprint density at radius 2 is 1.12 bits per heavy atom. The van der Waals surface area contributed by atoms with E-state index in [2.05, 4.69) is 0 Å². The van der Waals surface area contributed by atoms with E-state index in [-0.39, 0.29) is 30.3 Å². The summed E-state index contributed by atoms with van der Waals surface area (Å²) in [7, 11) is 0. The molecule has 0 saturated carbocycles. The van der Waals surface area contributed by atoms with Gasteiger partial charge >= 0.3 is 47.6 Å². The van der Waals surface area contributed by atoms with E-state index < -0.39 is 67.1 Å². The molecule has 278 valence electrons. The van der Waals surface area contributed by atoms with Gasteiger partial charge in [0.15, 0.2) is 0 Å². The number of aldehydes is 1. The predicted octanol–water partition coefficient (Wildman–Crippen LogP) is 10.2. The van der Waals surface area contributed by atoms with Gasteiger partial charge in [0, 0.05) is 12.3 Å². The number of hydrogen-bond acceptors (Lipinski definition) is 3. The average Bonchev–Trinajstić information content (AvgIpc) is 2.97. The Hall–Kier alpha value is -2.80. The van der Waals surface area contributed by atoms with Gasteiger partial charge in [-0.05, 0) is 43.4 Å². The highest BCUT2D eigenvalue weighted by Crippen LogP contribution is 2.64. The van der Waals surface area contributed by atoms with E-state index in [1.165, 1.54) is 24.3 Å². The fourth-order valence-corrected chi connectivity index (χ4v) is 3.62. The zero-order valence-electron chi connectivity index (χ0n) is 25.0. The highest BCUT2D eigenvalue weighted by atomic mass is 19.4. The van der Waals surface area contributed by atoms with Gasteiger partial charge < -0.3 is 14.3 Å². The van der Waals surface area contributed by atoms with Crippen LogP contribution in [0.2, 0.25) is 0 Å². The fourth-order valence-electron chi connectivity index (χ4n) is 3.62. The van der Waals surface area contributed by atoms with Gasteiger partial charge in [0.2, 0.25) is 0 Å². The number of carbonyl (C=O) groups excluding carboxylic acids is 1. The van der Waals surface area contributed by atoms with Gasteiger partial charge in [0.05, 0.1) is 19.3 Å². The molecule has 0 aliphatic carbocycles. The Kier molecular flexibility index (Phi) is 13.5. The lowest BCUT2D eigenvalue weighted by Crippen LogP contribution is -2.74. The minimum Gasteiger partial charge on any atom is -0.494 e. The zero-order valence-corrected chi connectivity index (χ0v) is 25.0. The third kappa shape index (κ3) is 8.49. The summed E-state index contributed by atoms with van der Waals surface area (Å²) in [6, 6.07) is 5.23. The lowest BCUT2D eigenvalue weighted by molar-refractivity contribution is -0.461. The average molecular weight is 737 g/mol. The van der Waals surface area contributed by atoms with Crippen LogP contribution in [-0.2, 0) is 16.1 Å². The van der Waals surface area contributed by atoms with Crippen molar-refractivity contribution in [3.05, 3.63) is 42.0 Å². The molecule has 48 heavy (non-hydrogen) atoms. The van der Waals surface area contributed by atoms with Crippen molar-refractivity contribution in [3.8, 4) is 5.75 Å². The van der Waals surface area contributed by atoms with Crippen LogP contribution >= 0.6 is 0 Å². The monoisotopic (exact) mass is 736 g/mol. The summed E-state index contributed by atoms with van der Waals surface area (Å²) in [5.41, 5.74) is 0.546. The van der Waals surface area contributed by atoms with Gasteiger partial charge in [-0.2, -0.15) is 74.6 Å². The molecular weight excluding hydrogens is 707 g/mol. The van der Waals surface area contributed by atoms with E-state index in [1.807, 2.05) is 19.1 Å². The molecule has 3 nitrogen and oxygen atoms in total. The van der Waals surface area contributed by atoms with Crippen LogP contribution in [-0.4, -0.2) is 66.6 Å². The van der Waals surface area contributed by atoms with Crippen molar-refractivity contribution in [2.45, 2.75) is 100 Å². The van der Waals surface area contributed by atoms with Gasteiger partial charge in [-0.3, -0.25) is 0 Å². The maximum atomic E-state index is 14.0. The molecule has 0 fully saturated rings. The molecule has 1 aromatic carbocycles. The first kappa shape index (κ1) is 43.2. The molecule has 0 bridgehead atoms. The van der Waals surface area contributed by atoms with E-state index in [0.29, 0.717) is 12.0 Å². The second kappa shape index (κ2) is 15.0. The van der Waals surface area contributed by atoms with Crippen molar-refractivity contribution >= 4 is 6.29 Å². The van der Waals surface area contributed by atoms with Crippen molar-refractivity contribution in [2.24, 2.45) is 11.8 Å². The summed E-state index contributed by atoms with van der Waals surface area (Å²) in [6.07, 6.45) is -7.05. The van der Waals surface area contributed by atoms with Crippen LogP contribution in [0.25, 0.3) is 0 Å². The molecule has 1 aromatic rings. The largest absolute Gasteiger partial charge is 0.494 e. The smallest absolute Gasteiger partial charge is 0.460 e. The van der Waals surface area contributed by atoms with Crippen LogP contribution in [0.4, 0.5) is 74.6 Å². The second-order valence-corrected chi connectivity index (χ2v) is 10.9. The third-order valence-electron chi connectivity index (χ3n) is 7.05. The first-order valence-electron chi connectivity index (χ1n) is 13.6. The SMILES string of the molecule is C[C@H](C=O)C/C=C/[C@@H](C)[C@@H](C)OCc1ccc(OCCCC(F)(F)C(F)(F)C(F)(F)C(F)(F)C(F)(F)C(F)(F)C(F)(F)C(F)(F)F)cc1. The summed E-state index contributed by atoms with van der Waals surface area (Å²) >= 11 is 0. The quantitative estimate of drug-likeness (QED) is 0.0614. The molecule has 0 heterocycles. The maximum Gasteiger partial charge on any atom is 0.460 e. The summed E-state index contributed by atoms with van der Waals surface area (Å²) in [5.74, 6) is -56.8.